The van der Waals surface area contributed by atoms with Crippen molar-refractivity contribution in [2.24, 2.45) is 0 Å². The summed E-state index contributed by atoms with van der Waals surface area (Å²) in [4.78, 5) is 15.1. The molecule has 0 fully saturated rings. The molecule has 1 aromatic rings. The lowest BCUT2D eigenvalue weighted by molar-refractivity contribution is -0.122. The SMILES string of the molecule is CC(C)(C)NC(=O)CCNS(=O)(=O)c1cccnc1C#N. The average molecular weight is 310 g/mol. The molecular weight excluding hydrogens is 292 g/mol. The molecule has 1 aromatic heterocycles. The van der Waals surface area contributed by atoms with E-state index in [0.717, 1.165) is 0 Å². The van der Waals surface area contributed by atoms with Crippen molar-refractivity contribution in [3.63, 3.8) is 0 Å². The van der Waals surface area contributed by atoms with Crippen LogP contribution in [-0.4, -0.2) is 31.4 Å². The number of nitrogens with one attached hydrogen (secondary N) is 2. The van der Waals surface area contributed by atoms with Crippen LogP contribution in [0.5, 0.6) is 0 Å². The van der Waals surface area contributed by atoms with Crippen LogP contribution >= 0.6 is 0 Å². The normalized spacial score (nSPS) is 11.7. The summed E-state index contributed by atoms with van der Waals surface area (Å²) in [5.74, 6) is -0.253. The first-order chi connectivity index (χ1) is 9.65. The number of hydrogen-bond acceptors (Lipinski definition) is 5. The number of nitrogens with zero attached hydrogens (tertiary/aromatic N) is 2. The van der Waals surface area contributed by atoms with Crippen molar-refractivity contribution in [1.29, 1.82) is 5.26 Å². The van der Waals surface area contributed by atoms with Gasteiger partial charge in [0.15, 0.2) is 5.69 Å². The van der Waals surface area contributed by atoms with Gasteiger partial charge < -0.3 is 5.32 Å². The van der Waals surface area contributed by atoms with Gasteiger partial charge in [-0.05, 0) is 32.9 Å². The summed E-state index contributed by atoms with van der Waals surface area (Å²) < 4.78 is 26.4. The molecule has 8 heteroatoms. The van der Waals surface area contributed by atoms with Crippen LogP contribution in [0.4, 0.5) is 0 Å². The molecule has 0 unspecified atom stereocenters. The summed E-state index contributed by atoms with van der Waals surface area (Å²) in [7, 11) is -3.86. The van der Waals surface area contributed by atoms with Crippen LogP contribution < -0.4 is 10.0 Å². The van der Waals surface area contributed by atoms with Crippen LogP contribution in [-0.2, 0) is 14.8 Å². The fourth-order valence-corrected chi connectivity index (χ4v) is 2.69. The molecule has 2 N–H and O–H groups in total. The summed E-state index contributed by atoms with van der Waals surface area (Å²) in [6.45, 7) is 5.46. The smallest absolute Gasteiger partial charge is 0.243 e. The molecule has 0 radical (unpaired) electrons. The standard InChI is InChI=1S/C13H18N4O3S/c1-13(2,3)17-12(18)6-8-16-21(19,20)11-5-4-7-15-10(11)9-14/h4-5,7,16H,6,8H2,1-3H3,(H,17,18). The number of rotatable bonds is 5. The van der Waals surface area contributed by atoms with Crippen molar-refractivity contribution in [3.05, 3.63) is 24.0 Å². The summed E-state index contributed by atoms with van der Waals surface area (Å²) >= 11 is 0. The van der Waals surface area contributed by atoms with Gasteiger partial charge in [0.2, 0.25) is 15.9 Å². The minimum Gasteiger partial charge on any atom is -0.351 e. The molecule has 1 heterocycles. The Morgan fingerprint density at radius 3 is 2.67 bits per heavy atom. The molecule has 1 amide bonds. The molecule has 0 saturated carbocycles. The minimum atomic E-state index is -3.86. The highest BCUT2D eigenvalue weighted by Crippen LogP contribution is 2.11. The van der Waals surface area contributed by atoms with Crippen LogP contribution in [0.2, 0.25) is 0 Å². The highest BCUT2D eigenvalue weighted by atomic mass is 32.2. The summed E-state index contributed by atoms with van der Waals surface area (Å²) in [5, 5.41) is 11.6. The molecule has 0 atom stereocenters. The molecule has 21 heavy (non-hydrogen) atoms. The van der Waals surface area contributed by atoms with Crippen LogP contribution in [0.25, 0.3) is 0 Å². The Morgan fingerprint density at radius 1 is 1.43 bits per heavy atom. The maximum atomic E-state index is 12.0. The number of carbonyl (C=O) groups excluding carboxylic acids is 1. The molecule has 7 nitrogen and oxygen atoms in total. The number of nitriles is 1. The summed E-state index contributed by atoms with van der Waals surface area (Å²) in [5.41, 5.74) is -0.544. The van der Waals surface area contributed by atoms with Gasteiger partial charge in [0, 0.05) is 24.7 Å². The van der Waals surface area contributed by atoms with Crippen molar-refractivity contribution < 1.29 is 13.2 Å². The van der Waals surface area contributed by atoms with E-state index in [0.29, 0.717) is 0 Å². The predicted molar refractivity (Wildman–Crippen MR) is 76.7 cm³/mol. The number of pyridine rings is 1. The van der Waals surface area contributed by atoms with Gasteiger partial charge in [0.25, 0.3) is 0 Å². The van der Waals surface area contributed by atoms with E-state index in [1.54, 1.807) is 6.07 Å². The second-order valence-corrected chi connectivity index (χ2v) is 7.14. The largest absolute Gasteiger partial charge is 0.351 e. The average Bonchev–Trinajstić information content (AvgIpc) is 2.36. The molecule has 0 bridgehead atoms. The van der Waals surface area contributed by atoms with E-state index in [-0.39, 0.29) is 35.0 Å². The van der Waals surface area contributed by atoms with E-state index in [1.165, 1.54) is 18.3 Å². The topological polar surface area (TPSA) is 112 Å². The molecule has 0 aliphatic rings. The van der Waals surface area contributed by atoms with Gasteiger partial charge in [-0.15, -0.1) is 0 Å². The van der Waals surface area contributed by atoms with Gasteiger partial charge in [-0.2, -0.15) is 5.26 Å². The van der Waals surface area contributed by atoms with Crippen LogP contribution in [0, 0.1) is 11.3 Å². The van der Waals surface area contributed by atoms with Crippen molar-refractivity contribution in [1.82, 2.24) is 15.0 Å². The first-order valence-electron chi connectivity index (χ1n) is 6.31. The van der Waals surface area contributed by atoms with Gasteiger partial charge >= 0.3 is 0 Å². The molecule has 0 aliphatic carbocycles. The van der Waals surface area contributed by atoms with Gasteiger partial charge in [-0.1, -0.05) is 0 Å². The van der Waals surface area contributed by atoms with E-state index in [2.05, 4.69) is 15.0 Å². The monoisotopic (exact) mass is 310 g/mol. The first kappa shape index (κ1) is 17.1. The van der Waals surface area contributed by atoms with E-state index in [1.807, 2.05) is 20.8 Å². The van der Waals surface area contributed by atoms with E-state index in [9.17, 15) is 13.2 Å². The Kier molecular flexibility index (Phi) is 5.41. The van der Waals surface area contributed by atoms with Crippen molar-refractivity contribution in [2.45, 2.75) is 37.6 Å². The van der Waals surface area contributed by atoms with Crippen LogP contribution in [0.1, 0.15) is 32.9 Å². The maximum Gasteiger partial charge on any atom is 0.243 e. The zero-order valence-electron chi connectivity index (χ0n) is 12.2. The van der Waals surface area contributed by atoms with Crippen molar-refractivity contribution >= 4 is 15.9 Å². The number of amides is 1. The Labute approximate surface area is 124 Å². The van der Waals surface area contributed by atoms with E-state index in [4.69, 9.17) is 5.26 Å². The van der Waals surface area contributed by atoms with Gasteiger partial charge in [0.1, 0.15) is 11.0 Å². The predicted octanol–water partition coefficient (Wildman–Crippen LogP) is 0.536. The number of carbonyl (C=O) groups is 1. The molecular formula is C13H18N4O3S. The van der Waals surface area contributed by atoms with Gasteiger partial charge in [-0.25, -0.2) is 18.1 Å². The van der Waals surface area contributed by atoms with Crippen molar-refractivity contribution in [3.8, 4) is 6.07 Å². The molecule has 0 aromatic carbocycles. The fraction of sp³-hybridized carbons (Fsp3) is 0.462. The Hall–Kier alpha value is -1.98. The second kappa shape index (κ2) is 6.65. The third-order valence-corrected chi connectivity index (χ3v) is 3.82. The van der Waals surface area contributed by atoms with Gasteiger partial charge in [-0.3, -0.25) is 4.79 Å². The Bertz CT molecular complexity index is 657. The Morgan fingerprint density at radius 2 is 2.10 bits per heavy atom. The number of sulfonamides is 1. The zero-order valence-corrected chi connectivity index (χ0v) is 13.0. The van der Waals surface area contributed by atoms with E-state index < -0.39 is 10.0 Å². The van der Waals surface area contributed by atoms with Crippen LogP contribution in [0.15, 0.2) is 23.2 Å². The fourth-order valence-electron chi connectivity index (χ4n) is 1.55. The Balaban J connectivity index is 2.67. The van der Waals surface area contributed by atoms with E-state index >= 15 is 0 Å². The second-order valence-electron chi connectivity index (χ2n) is 5.41. The van der Waals surface area contributed by atoms with Gasteiger partial charge in [0.05, 0.1) is 0 Å². The molecule has 0 spiro atoms. The lowest BCUT2D eigenvalue weighted by atomic mass is 10.1. The highest BCUT2D eigenvalue weighted by Gasteiger charge is 2.20. The third kappa shape index (κ3) is 5.49. The maximum absolute atomic E-state index is 12.0. The summed E-state index contributed by atoms with van der Waals surface area (Å²) in [6.07, 6.45) is 1.35. The first-order valence-corrected chi connectivity index (χ1v) is 7.80. The number of hydrogen-bond donors (Lipinski definition) is 2. The molecule has 1 rings (SSSR count). The lowest BCUT2D eigenvalue weighted by Gasteiger charge is -2.20. The summed E-state index contributed by atoms with van der Waals surface area (Å²) in [6, 6.07) is 4.45. The number of aromatic nitrogens is 1. The zero-order chi connectivity index (χ0) is 16.1. The molecule has 114 valence electrons. The lowest BCUT2D eigenvalue weighted by Crippen LogP contribution is -2.42. The van der Waals surface area contributed by atoms with Crippen LogP contribution in [0.3, 0.4) is 0 Å². The highest BCUT2D eigenvalue weighted by molar-refractivity contribution is 7.89. The minimum absolute atomic E-state index is 0.0125. The molecule has 0 saturated heterocycles. The molecule has 0 aliphatic heterocycles. The quantitative estimate of drug-likeness (QED) is 0.824. The van der Waals surface area contributed by atoms with Crippen molar-refractivity contribution in [2.75, 3.05) is 6.54 Å². The third-order valence-electron chi connectivity index (χ3n) is 2.32.